The van der Waals surface area contributed by atoms with Gasteiger partial charge >= 0.3 is 5.97 Å². The summed E-state index contributed by atoms with van der Waals surface area (Å²) in [7, 11) is 0. The van der Waals surface area contributed by atoms with E-state index in [1.165, 1.54) is 0 Å². The minimum Gasteiger partial charge on any atom is -0.481 e. The van der Waals surface area contributed by atoms with Crippen molar-refractivity contribution < 1.29 is 19.5 Å². The van der Waals surface area contributed by atoms with Crippen molar-refractivity contribution in [2.45, 2.75) is 58.0 Å². The molecule has 2 heterocycles. The number of carboxylic acids is 1. The molecule has 2 aromatic carbocycles. The fourth-order valence-electron chi connectivity index (χ4n) is 6.16. The molecule has 3 unspecified atom stereocenters. The van der Waals surface area contributed by atoms with Crippen LogP contribution in [0.1, 0.15) is 63.1 Å². The second-order valence-electron chi connectivity index (χ2n) is 11.2. The number of aliphatic carboxylic acids is 1. The van der Waals surface area contributed by atoms with E-state index in [0.29, 0.717) is 29.6 Å². The maximum absolute atomic E-state index is 14.2. The number of carbonyl (C=O) groups is 3. The van der Waals surface area contributed by atoms with E-state index in [0.717, 1.165) is 37.2 Å². The van der Waals surface area contributed by atoms with Crippen molar-refractivity contribution in [3.63, 3.8) is 0 Å². The Kier molecular flexibility index (Phi) is 9.25. The van der Waals surface area contributed by atoms with Crippen LogP contribution in [-0.2, 0) is 14.4 Å². The molecule has 210 valence electrons. The van der Waals surface area contributed by atoms with Gasteiger partial charge in [0.05, 0.1) is 17.9 Å². The molecule has 0 aliphatic carbocycles. The van der Waals surface area contributed by atoms with Gasteiger partial charge in [-0.25, -0.2) is 0 Å². The molecule has 2 amide bonds. The van der Waals surface area contributed by atoms with Crippen LogP contribution in [0.25, 0.3) is 0 Å². The molecular weight excluding hydrogens is 537 g/mol. The first-order valence-electron chi connectivity index (χ1n) is 13.5. The molecule has 2 aliphatic heterocycles. The van der Waals surface area contributed by atoms with Crippen LogP contribution in [0.15, 0.2) is 48.5 Å². The number of piperazine rings is 1. The monoisotopic (exact) mass is 573 g/mol. The number of nitrogens with zero attached hydrogens (tertiary/aromatic N) is 3. The zero-order valence-corrected chi connectivity index (χ0v) is 24.3. The van der Waals surface area contributed by atoms with Crippen LogP contribution < -0.4 is 0 Å². The largest absolute Gasteiger partial charge is 0.481 e. The number of amides is 2. The van der Waals surface area contributed by atoms with E-state index in [1.807, 2.05) is 65.3 Å². The summed E-state index contributed by atoms with van der Waals surface area (Å²) in [5.41, 5.74) is 0.865. The van der Waals surface area contributed by atoms with Crippen LogP contribution in [0.4, 0.5) is 0 Å². The number of likely N-dealkylation sites (tertiary alicyclic amines) is 1. The highest BCUT2D eigenvalue weighted by molar-refractivity contribution is 6.30. The third-order valence-electron chi connectivity index (χ3n) is 8.29. The average molecular weight is 575 g/mol. The number of rotatable bonds is 8. The normalized spacial score (nSPS) is 25.0. The van der Waals surface area contributed by atoms with E-state index in [2.05, 4.69) is 4.90 Å². The first-order chi connectivity index (χ1) is 18.5. The van der Waals surface area contributed by atoms with E-state index in [9.17, 15) is 19.5 Å². The minimum absolute atomic E-state index is 0.0949. The van der Waals surface area contributed by atoms with Gasteiger partial charge in [-0.2, -0.15) is 0 Å². The SMILES string of the molecule is CC(=O)N1CCN(CC[C@H](C)N2C(=O)C(C)(CC(=O)O)CC(c3cccc(Cl)c3)C2c2ccc(Cl)cc2)CC1. The van der Waals surface area contributed by atoms with Crippen LogP contribution in [0.5, 0.6) is 0 Å². The summed E-state index contributed by atoms with van der Waals surface area (Å²) in [6.07, 6.45) is 0.871. The van der Waals surface area contributed by atoms with Crippen LogP contribution >= 0.6 is 23.2 Å². The molecule has 2 aromatic rings. The lowest BCUT2D eigenvalue weighted by Crippen LogP contribution is -2.56. The highest BCUT2D eigenvalue weighted by Crippen LogP contribution is 2.52. The third-order valence-corrected chi connectivity index (χ3v) is 8.77. The van der Waals surface area contributed by atoms with Crippen molar-refractivity contribution in [1.29, 1.82) is 0 Å². The topological polar surface area (TPSA) is 81.2 Å². The molecule has 0 radical (unpaired) electrons. The van der Waals surface area contributed by atoms with Gasteiger partial charge in [0.2, 0.25) is 11.8 Å². The first-order valence-corrected chi connectivity index (χ1v) is 14.3. The molecule has 4 rings (SSSR count). The molecule has 7 nitrogen and oxygen atoms in total. The predicted molar refractivity (Wildman–Crippen MR) is 153 cm³/mol. The Bertz CT molecular complexity index is 1200. The van der Waals surface area contributed by atoms with E-state index in [-0.39, 0.29) is 36.2 Å². The van der Waals surface area contributed by atoms with Gasteiger partial charge in [0.1, 0.15) is 0 Å². The van der Waals surface area contributed by atoms with E-state index in [4.69, 9.17) is 23.2 Å². The maximum Gasteiger partial charge on any atom is 0.304 e. The van der Waals surface area contributed by atoms with E-state index in [1.54, 1.807) is 13.8 Å². The second-order valence-corrected chi connectivity index (χ2v) is 12.1. The van der Waals surface area contributed by atoms with Crippen molar-refractivity contribution >= 4 is 41.0 Å². The molecule has 0 aromatic heterocycles. The highest BCUT2D eigenvalue weighted by atomic mass is 35.5. The fraction of sp³-hybridized carbons (Fsp3) is 0.500. The lowest BCUT2D eigenvalue weighted by molar-refractivity contribution is -0.160. The molecule has 0 saturated carbocycles. The lowest BCUT2D eigenvalue weighted by Gasteiger charge is -2.51. The zero-order valence-electron chi connectivity index (χ0n) is 22.8. The summed E-state index contributed by atoms with van der Waals surface area (Å²) in [5, 5.41) is 11.0. The Morgan fingerprint density at radius 1 is 1.03 bits per heavy atom. The molecule has 4 atom stereocenters. The summed E-state index contributed by atoms with van der Waals surface area (Å²) in [6, 6.07) is 14.8. The molecule has 2 saturated heterocycles. The smallest absolute Gasteiger partial charge is 0.304 e. The Balaban J connectivity index is 1.69. The number of carbonyl (C=O) groups excluding carboxylic acids is 2. The summed E-state index contributed by atoms with van der Waals surface area (Å²) >= 11 is 12.6. The molecule has 2 aliphatic rings. The van der Waals surface area contributed by atoms with Gasteiger partial charge in [-0.15, -0.1) is 0 Å². The van der Waals surface area contributed by atoms with Crippen molar-refractivity contribution in [1.82, 2.24) is 14.7 Å². The van der Waals surface area contributed by atoms with Crippen LogP contribution in [0.2, 0.25) is 10.0 Å². The van der Waals surface area contributed by atoms with Crippen molar-refractivity contribution in [2.24, 2.45) is 5.41 Å². The number of piperidine rings is 1. The molecule has 1 N–H and O–H groups in total. The number of halogens is 2. The van der Waals surface area contributed by atoms with Gasteiger partial charge in [0.15, 0.2) is 0 Å². The van der Waals surface area contributed by atoms with Gasteiger partial charge in [0, 0.05) is 61.7 Å². The summed E-state index contributed by atoms with van der Waals surface area (Å²) in [6.45, 7) is 9.20. The van der Waals surface area contributed by atoms with Crippen molar-refractivity contribution in [3.05, 3.63) is 69.7 Å². The zero-order chi connectivity index (χ0) is 28.3. The van der Waals surface area contributed by atoms with Gasteiger partial charge < -0.3 is 14.9 Å². The Morgan fingerprint density at radius 2 is 1.69 bits per heavy atom. The van der Waals surface area contributed by atoms with Gasteiger partial charge in [-0.3, -0.25) is 19.3 Å². The van der Waals surface area contributed by atoms with Crippen LogP contribution in [0, 0.1) is 5.41 Å². The van der Waals surface area contributed by atoms with E-state index >= 15 is 0 Å². The number of carboxylic acid groups (broad SMARTS) is 1. The average Bonchev–Trinajstić information content (AvgIpc) is 2.89. The van der Waals surface area contributed by atoms with Gasteiger partial charge in [0.25, 0.3) is 0 Å². The fourth-order valence-corrected chi connectivity index (χ4v) is 6.48. The molecular formula is C30H37Cl2N3O4. The first kappa shape index (κ1) is 29.4. The third kappa shape index (κ3) is 6.76. The Hall–Kier alpha value is -2.61. The lowest BCUT2D eigenvalue weighted by atomic mass is 9.67. The van der Waals surface area contributed by atoms with Crippen LogP contribution in [-0.4, -0.2) is 76.4 Å². The highest BCUT2D eigenvalue weighted by Gasteiger charge is 2.51. The van der Waals surface area contributed by atoms with Crippen molar-refractivity contribution in [2.75, 3.05) is 32.7 Å². The molecule has 2 fully saturated rings. The Morgan fingerprint density at radius 3 is 2.28 bits per heavy atom. The number of benzene rings is 2. The van der Waals surface area contributed by atoms with Crippen molar-refractivity contribution in [3.8, 4) is 0 Å². The molecule has 0 bridgehead atoms. The van der Waals surface area contributed by atoms with E-state index < -0.39 is 11.4 Å². The predicted octanol–water partition coefficient (Wildman–Crippen LogP) is 5.47. The molecule has 39 heavy (non-hydrogen) atoms. The van der Waals surface area contributed by atoms with Crippen LogP contribution in [0.3, 0.4) is 0 Å². The van der Waals surface area contributed by atoms with Gasteiger partial charge in [-0.05, 0) is 55.2 Å². The minimum atomic E-state index is -1.07. The molecule has 0 spiro atoms. The Labute approximate surface area is 240 Å². The summed E-state index contributed by atoms with van der Waals surface area (Å²) < 4.78 is 0. The number of hydrogen-bond donors (Lipinski definition) is 1. The van der Waals surface area contributed by atoms with Gasteiger partial charge in [-0.1, -0.05) is 54.4 Å². The second kappa shape index (κ2) is 12.3. The summed E-state index contributed by atoms with van der Waals surface area (Å²) in [4.78, 5) is 44.0. The molecule has 9 heteroatoms. The quantitative estimate of drug-likeness (QED) is 0.452. The summed E-state index contributed by atoms with van der Waals surface area (Å²) in [5.74, 6) is -1.19. The standard InChI is InChI=1S/C30H37Cl2N3O4/c1-20(11-12-33-13-15-34(16-14-33)21(2)36)35-28(22-7-9-24(31)10-8-22)26(23-5-4-6-25(32)17-23)18-30(3,29(35)39)19-27(37)38/h4-10,17,20,26,28H,11-16,18-19H2,1-3H3,(H,37,38)/t20-,26?,28?,30?/m0/s1. The number of hydrogen-bond acceptors (Lipinski definition) is 4. The maximum atomic E-state index is 14.2.